The van der Waals surface area contributed by atoms with Gasteiger partial charge in [0.1, 0.15) is 6.10 Å². The highest BCUT2D eigenvalue weighted by Crippen LogP contribution is 2.36. The SMILES string of the molecule is COCC1CCC(c2ccc(C(=O)OC3CCC(C)CC3)cc2)CC1. The van der Waals surface area contributed by atoms with Crippen molar-refractivity contribution in [3.05, 3.63) is 35.4 Å². The fraction of sp³-hybridized carbons (Fsp3) is 0.682. The van der Waals surface area contributed by atoms with Crippen LogP contribution in [0.5, 0.6) is 0 Å². The van der Waals surface area contributed by atoms with Crippen molar-refractivity contribution in [3.8, 4) is 0 Å². The van der Waals surface area contributed by atoms with Crippen LogP contribution >= 0.6 is 0 Å². The molecule has 2 aliphatic carbocycles. The molecule has 0 aromatic heterocycles. The van der Waals surface area contributed by atoms with Gasteiger partial charge in [-0.25, -0.2) is 4.79 Å². The highest BCUT2D eigenvalue weighted by Gasteiger charge is 2.24. The third-order valence-electron chi connectivity index (χ3n) is 6.10. The number of hydrogen-bond donors (Lipinski definition) is 0. The molecular weight excluding hydrogens is 312 g/mol. The Hall–Kier alpha value is -1.35. The van der Waals surface area contributed by atoms with Crippen LogP contribution in [-0.4, -0.2) is 25.8 Å². The molecule has 1 aromatic carbocycles. The van der Waals surface area contributed by atoms with Crippen molar-refractivity contribution < 1.29 is 14.3 Å². The molecule has 0 atom stereocenters. The molecule has 0 saturated heterocycles. The highest BCUT2D eigenvalue weighted by atomic mass is 16.5. The molecule has 0 radical (unpaired) electrons. The minimum absolute atomic E-state index is 0.111. The van der Waals surface area contributed by atoms with E-state index in [0.29, 0.717) is 17.4 Å². The Kier molecular flexibility index (Phi) is 6.52. The first kappa shape index (κ1) is 18.4. The van der Waals surface area contributed by atoms with Crippen molar-refractivity contribution in [2.45, 2.75) is 70.3 Å². The van der Waals surface area contributed by atoms with Crippen LogP contribution in [0.3, 0.4) is 0 Å². The summed E-state index contributed by atoms with van der Waals surface area (Å²) in [6.45, 7) is 3.16. The fourth-order valence-corrected chi connectivity index (χ4v) is 4.36. The Morgan fingerprint density at radius 1 is 0.960 bits per heavy atom. The average molecular weight is 344 g/mol. The van der Waals surface area contributed by atoms with Gasteiger partial charge in [0.25, 0.3) is 0 Å². The van der Waals surface area contributed by atoms with Gasteiger partial charge in [0.2, 0.25) is 0 Å². The van der Waals surface area contributed by atoms with E-state index in [1.165, 1.54) is 44.1 Å². The maximum absolute atomic E-state index is 12.4. The van der Waals surface area contributed by atoms with Crippen LogP contribution in [0.1, 0.15) is 80.1 Å². The lowest BCUT2D eigenvalue weighted by Gasteiger charge is -2.28. The average Bonchev–Trinajstić information content (AvgIpc) is 2.65. The van der Waals surface area contributed by atoms with E-state index in [1.807, 2.05) is 12.1 Å². The molecule has 3 heteroatoms. The standard InChI is InChI=1S/C22H32O3/c1-16-3-13-21(14-4-16)25-22(23)20-11-9-19(10-12-20)18-7-5-17(6-8-18)15-24-2/h9-12,16-18,21H,3-8,13-15H2,1-2H3. The Morgan fingerprint density at radius 3 is 2.20 bits per heavy atom. The number of hydrogen-bond acceptors (Lipinski definition) is 3. The number of carbonyl (C=O) groups excluding carboxylic acids is 1. The number of benzene rings is 1. The van der Waals surface area contributed by atoms with E-state index in [0.717, 1.165) is 25.4 Å². The van der Waals surface area contributed by atoms with Crippen molar-refractivity contribution in [3.63, 3.8) is 0 Å². The lowest BCUT2D eigenvalue weighted by Crippen LogP contribution is -2.23. The summed E-state index contributed by atoms with van der Waals surface area (Å²) in [6.07, 6.45) is 9.39. The molecule has 1 aromatic rings. The third-order valence-corrected chi connectivity index (χ3v) is 6.10. The molecule has 0 unspecified atom stereocenters. The monoisotopic (exact) mass is 344 g/mol. The van der Waals surface area contributed by atoms with Crippen LogP contribution in [0.15, 0.2) is 24.3 Å². The zero-order valence-electron chi connectivity index (χ0n) is 15.7. The second-order valence-corrected chi connectivity index (χ2v) is 8.08. The lowest BCUT2D eigenvalue weighted by atomic mass is 9.79. The van der Waals surface area contributed by atoms with Gasteiger partial charge in [-0.05, 0) is 86.8 Å². The molecular formula is C22H32O3. The van der Waals surface area contributed by atoms with E-state index >= 15 is 0 Å². The van der Waals surface area contributed by atoms with Gasteiger partial charge in [0, 0.05) is 13.7 Å². The van der Waals surface area contributed by atoms with Crippen molar-refractivity contribution in [2.75, 3.05) is 13.7 Å². The zero-order valence-corrected chi connectivity index (χ0v) is 15.7. The second kappa shape index (κ2) is 8.84. The van der Waals surface area contributed by atoms with Gasteiger partial charge in [0.05, 0.1) is 5.56 Å². The first-order valence-corrected chi connectivity index (χ1v) is 9.95. The molecule has 3 rings (SSSR count). The van der Waals surface area contributed by atoms with Gasteiger partial charge in [0.15, 0.2) is 0 Å². The molecule has 25 heavy (non-hydrogen) atoms. The number of ether oxygens (including phenoxy) is 2. The van der Waals surface area contributed by atoms with Crippen LogP contribution in [0.4, 0.5) is 0 Å². The summed E-state index contributed by atoms with van der Waals surface area (Å²) in [5, 5.41) is 0. The lowest BCUT2D eigenvalue weighted by molar-refractivity contribution is 0.0174. The van der Waals surface area contributed by atoms with Crippen LogP contribution in [-0.2, 0) is 9.47 Å². The minimum Gasteiger partial charge on any atom is -0.459 e. The molecule has 2 aliphatic rings. The van der Waals surface area contributed by atoms with Crippen molar-refractivity contribution in [1.82, 2.24) is 0 Å². The number of methoxy groups -OCH3 is 1. The van der Waals surface area contributed by atoms with Crippen LogP contribution in [0.2, 0.25) is 0 Å². The molecule has 0 N–H and O–H groups in total. The number of esters is 1. The first-order chi connectivity index (χ1) is 12.2. The van der Waals surface area contributed by atoms with Gasteiger partial charge in [-0.15, -0.1) is 0 Å². The van der Waals surface area contributed by atoms with Crippen LogP contribution in [0.25, 0.3) is 0 Å². The number of carbonyl (C=O) groups is 1. The maximum Gasteiger partial charge on any atom is 0.338 e. The van der Waals surface area contributed by atoms with E-state index in [9.17, 15) is 4.79 Å². The summed E-state index contributed by atoms with van der Waals surface area (Å²) in [5.74, 6) is 1.95. The van der Waals surface area contributed by atoms with Crippen molar-refractivity contribution in [2.24, 2.45) is 11.8 Å². The molecule has 3 nitrogen and oxygen atoms in total. The van der Waals surface area contributed by atoms with Gasteiger partial charge >= 0.3 is 5.97 Å². The van der Waals surface area contributed by atoms with Crippen molar-refractivity contribution in [1.29, 1.82) is 0 Å². The van der Waals surface area contributed by atoms with E-state index in [2.05, 4.69) is 19.1 Å². The Morgan fingerprint density at radius 2 is 1.60 bits per heavy atom. The Balaban J connectivity index is 1.51. The molecule has 0 spiro atoms. The summed E-state index contributed by atoms with van der Waals surface area (Å²) in [5.41, 5.74) is 2.05. The number of rotatable bonds is 5. The highest BCUT2D eigenvalue weighted by molar-refractivity contribution is 5.89. The predicted octanol–water partition coefficient (Wildman–Crippen LogP) is 5.34. The first-order valence-electron chi connectivity index (χ1n) is 9.95. The molecule has 0 amide bonds. The quantitative estimate of drug-likeness (QED) is 0.676. The summed E-state index contributed by atoms with van der Waals surface area (Å²) >= 11 is 0. The molecule has 0 heterocycles. The van der Waals surface area contributed by atoms with E-state index in [-0.39, 0.29) is 12.1 Å². The predicted molar refractivity (Wildman–Crippen MR) is 99.9 cm³/mol. The minimum atomic E-state index is -0.157. The maximum atomic E-state index is 12.4. The largest absolute Gasteiger partial charge is 0.459 e. The summed E-state index contributed by atoms with van der Waals surface area (Å²) in [6, 6.07) is 8.15. The van der Waals surface area contributed by atoms with Crippen LogP contribution in [0, 0.1) is 11.8 Å². The molecule has 0 aliphatic heterocycles. The summed E-state index contributed by atoms with van der Waals surface area (Å²) < 4.78 is 11.0. The normalized spacial score (nSPS) is 30.0. The second-order valence-electron chi connectivity index (χ2n) is 8.08. The van der Waals surface area contributed by atoms with E-state index in [1.54, 1.807) is 7.11 Å². The van der Waals surface area contributed by atoms with Gasteiger partial charge in [-0.2, -0.15) is 0 Å². The Bertz CT molecular complexity index is 535. The topological polar surface area (TPSA) is 35.5 Å². The van der Waals surface area contributed by atoms with Crippen LogP contribution < -0.4 is 0 Å². The summed E-state index contributed by atoms with van der Waals surface area (Å²) in [7, 11) is 1.79. The molecule has 2 saturated carbocycles. The zero-order chi connectivity index (χ0) is 17.6. The molecule has 2 fully saturated rings. The van der Waals surface area contributed by atoms with Crippen molar-refractivity contribution >= 4 is 5.97 Å². The van der Waals surface area contributed by atoms with E-state index < -0.39 is 0 Å². The van der Waals surface area contributed by atoms with Gasteiger partial charge < -0.3 is 9.47 Å². The smallest absolute Gasteiger partial charge is 0.338 e. The molecule has 0 bridgehead atoms. The van der Waals surface area contributed by atoms with Gasteiger partial charge in [-0.3, -0.25) is 0 Å². The third kappa shape index (κ3) is 5.07. The van der Waals surface area contributed by atoms with Gasteiger partial charge in [-0.1, -0.05) is 19.1 Å². The molecule has 138 valence electrons. The summed E-state index contributed by atoms with van der Waals surface area (Å²) in [4.78, 5) is 12.4. The fourth-order valence-electron chi connectivity index (χ4n) is 4.36. The van der Waals surface area contributed by atoms with E-state index in [4.69, 9.17) is 9.47 Å². The Labute approximate surface area is 152 Å².